The predicted octanol–water partition coefficient (Wildman–Crippen LogP) is 2.99. The molecule has 0 fully saturated rings. The maximum Gasteiger partial charge on any atom is 0.296 e. The number of methoxy groups -OCH3 is 1. The summed E-state index contributed by atoms with van der Waals surface area (Å²) >= 11 is 0. The maximum atomic E-state index is 11.4. The fourth-order valence-electron chi connectivity index (χ4n) is 2.56. The van der Waals surface area contributed by atoms with Gasteiger partial charge in [0.05, 0.1) is 23.8 Å². The number of anilines is 3. The molecule has 3 N–H and O–H groups in total. The van der Waals surface area contributed by atoms with Gasteiger partial charge in [-0.1, -0.05) is 0 Å². The molecule has 2 heterocycles. The summed E-state index contributed by atoms with van der Waals surface area (Å²) in [5.74, 6) is 1.09. The Morgan fingerprint density at radius 1 is 1.24 bits per heavy atom. The summed E-state index contributed by atoms with van der Waals surface area (Å²) in [5.41, 5.74) is 1.50. The molecule has 0 bridgehead atoms. The Hall–Kier alpha value is -3.79. The zero-order chi connectivity index (χ0) is 20.6. The molecule has 0 spiro atoms. The molecule has 10 heteroatoms. The van der Waals surface area contributed by atoms with Gasteiger partial charge in [0.2, 0.25) is 5.95 Å². The summed E-state index contributed by atoms with van der Waals surface area (Å²) < 4.78 is 5.07. The van der Waals surface area contributed by atoms with Gasteiger partial charge in [-0.2, -0.15) is 4.98 Å². The summed E-state index contributed by atoms with van der Waals surface area (Å²) in [6, 6.07) is 9.85. The van der Waals surface area contributed by atoms with Gasteiger partial charge in [0.1, 0.15) is 17.3 Å². The third-order valence-corrected chi connectivity index (χ3v) is 3.97. The monoisotopic (exact) mass is 396 g/mol. The standard InChI is InChI=1S/C19H20N6O4/c1-29-14-5-6-15(17(10-14)25(27)28)22-18-11-16(13-4-2-7-20-12-13)23-19(24-18)21-8-3-9-26/h2,4-7,10-12,26H,3,8-9H2,1H3,(H2,21,22,23,24). The number of nitro benzene ring substituents is 1. The SMILES string of the molecule is COc1ccc(Nc2cc(-c3cccnc3)nc(NCCCO)n2)c([N+](=O)[O-])c1. The predicted molar refractivity (Wildman–Crippen MR) is 108 cm³/mol. The molecule has 0 saturated heterocycles. The van der Waals surface area contributed by atoms with Gasteiger partial charge in [-0.25, -0.2) is 4.98 Å². The Labute approximate surface area is 166 Å². The van der Waals surface area contributed by atoms with Gasteiger partial charge in [-0.15, -0.1) is 0 Å². The number of nitrogens with one attached hydrogen (secondary N) is 2. The zero-order valence-electron chi connectivity index (χ0n) is 15.7. The van der Waals surface area contributed by atoms with E-state index in [1.165, 1.54) is 13.2 Å². The fraction of sp³-hybridized carbons (Fsp3) is 0.211. The highest BCUT2D eigenvalue weighted by Gasteiger charge is 2.17. The molecule has 3 rings (SSSR count). The van der Waals surface area contributed by atoms with E-state index in [4.69, 9.17) is 9.84 Å². The number of ether oxygens (including phenoxy) is 1. The minimum Gasteiger partial charge on any atom is -0.496 e. The third-order valence-electron chi connectivity index (χ3n) is 3.97. The van der Waals surface area contributed by atoms with Gasteiger partial charge >= 0.3 is 0 Å². The number of rotatable bonds is 9. The molecule has 0 aliphatic heterocycles. The number of aliphatic hydroxyl groups excluding tert-OH is 1. The number of aromatic nitrogens is 3. The summed E-state index contributed by atoms with van der Waals surface area (Å²) in [5, 5.41) is 26.4. The van der Waals surface area contributed by atoms with E-state index in [0.29, 0.717) is 36.2 Å². The van der Waals surface area contributed by atoms with Crippen LogP contribution in [0.3, 0.4) is 0 Å². The van der Waals surface area contributed by atoms with Crippen LogP contribution in [0, 0.1) is 10.1 Å². The van der Waals surface area contributed by atoms with Gasteiger partial charge in [0, 0.05) is 37.2 Å². The highest BCUT2D eigenvalue weighted by molar-refractivity contribution is 5.72. The molecule has 0 aliphatic carbocycles. The van der Waals surface area contributed by atoms with E-state index in [1.54, 1.807) is 36.7 Å². The van der Waals surface area contributed by atoms with Crippen molar-refractivity contribution < 1.29 is 14.8 Å². The van der Waals surface area contributed by atoms with Crippen LogP contribution in [0.2, 0.25) is 0 Å². The molecule has 1 aromatic carbocycles. The fourth-order valence-corrected chi connectivity index (χ4v) is 2.56. The van der Waals surface area contributed by atoms with Crippen LogP contribution in [0.5, 0.6) is 5.75 Å². The number of hydrogen-bond acceptors (Lipinski definition) is 9. The number of hydrogen-bond donors (Lipinski definition) is 3. The first-order chi connectivity index (χ1) is 14.1. The van der Waals surface area contributed by atoms with Crippen LogP contribution in [0.4, 0.5) is 23.1 Å². The molecular weight excluding hydrogens is 376 g/mol. The summed E-state index contributed by atoms with van der Waals surface area (Å²) in [6.07, 6.45) is 3.86. The van der Waals surface area contributed by atoms with Crippen molar-refractivity contribution in [3.8, 4) is 17.0 Å². The Morgan fingerprint density at radius 2 is 2.10 bits per heavy atom. The number of nitrogens with zero attached hydrogens (tertiary/aromatic N) is 4. The second-order valence-corrected chi connectivity index (χ2v) is 5.97. The topological polar surface area (TPSA) is 135 Å². The van der Waals surface area contributed by atoms with Crippen molar-refractivity contribution >= 4 is 23.1 Å². The molecule has 0 unspecified atom stereocenters. The van der Waals surface area contributed by atoms with Crippen LogP contribution in [0.25, 0.3) is 11.3 Å². The quantitative estimate of drug-likeness (QED) is 0.283. The first-order valence-corrected chi connectivity index (χ1v) is 8.84. The molecule has 29 heavy (non-hydrogen) atoms. The lowest BCUT2D eigenvalue weighted by molar-refractivity contribution is -0.384. The van der Waals surface area contributed by atoms with E-state index in [9.17, 15) is 10.1 Å². The summed E-state index contributed by atoms with van der Waals surface area (Å²) in [4.78, 5) is 23.9. The van der Waals surface area contributed by atoms with Crippen LogP contribution in [-0.4, -0.2) is 45.2 Å². The van der Waals surface area contributed by atoms with Gasteiger partial charge in [0.25, 0.3) is 5.69 Å². The average Bonchev–Trinajstić information content (AvgIpc) is 2.74. The van der Waals surface area contributed by atoms with Crippen molar-refractivity contribution in [1.29, 1.82) is 0 Å². The van der Waals surface area contributed by atoms with Crippen molar-refractivity contribution in [2.24, 2.45) is 0 Å². The second-order valence-electron chi connectivity index (χ2n) is 5.97. The summed E-state index contributed by atoms with van der Waals surface area (Å²) in [6.45, 7) is 0.521. The molecule has 0 radical (unpaired) electrons. The van der Waals surface area contributed by atoms with E-state index in [-0.39, 0.29) is 18.0 Å². The molecule has 0 aliphatic rings. The molecule has 150 valence electrons. The number of pyridine rings is 1. The molecule has 3 aromatic rings. The highest BCUT2D eigenvalue weighted by atomic mass is 16.6. The maximum absolute atomic E-state index is 11.4. The van der Waals surface area contributed by atoms with E-state index < -0.39 is 4.92 Å². The summed E-state index contributed by atoms with van der Waals surface area (Å²) in [7, 11) is 1.45. The minimum absolute atomic E-state index is 0.0401. The van der Waals surface area contributed by atoms with E-state index in [0.717, 1.165) is 5.56 Å². The van der Waals surface area contributed by atoms with E-state index >= 15 is 0 Å². The zero-order valence-corrected chi connectivity index (χ0v) is 15.7. The van der Waals surface area contributed by atoms with E-state index in [2.05, 4.69) is 25.6 Å². The number of nitro groups is 1. The van der Waals surface area contributed by atoms with Crippen LogP contribution in [-0.2, 0) is 0 Å². The molecular formula is C19H20N6O4. The Kier molecular flexibility index (Phi) is 6.48. The van der Waals surface area contributed by atoms with Crippen LogP contribution in [0.1, 0.15) is 6.42 Å². The van der Waals surface area contributed by atoms with Gasteiger partial charge in [-0.3, -0.25) is 15.1 Å². The van der Waals surface area contributed by atoms with Gasteiger partial charge in [0.15, 0.2) is 0 Å². The number of benzene rings is 1. The lowest BCUT2D eigenvalue weighted by Crippen LogP contribution is -2.09. The first-order valence-electron chi connectivity index (χ1n) is 8.84. The molecule has 2 aromatic heterocycles. The molecule has 0 amide bonds. The van der Waals surface area contributed by atoms with Crippen molar-refractivity contribution in [2.45, 2.75) is 6.42 Å². The van der Waals surface area contributed by atoms with Crippen LogP contribution in [0.15, 0.2) is 48.8 Å². The van der Waals surface area contributed by atoms with Gasteiger partial charge < -0.3 is 20.5 Å². The second kappa shape index (κ2) is 9.42. The lowest BCUT2D eigenvalue weighted by Gasteiger charge is -2.12. The van der Waals surface area contributed by atoms with Crippen molar-refractivity contribution in [3.05, 3.63) is 58.9 Å². The minimum atomic E-state index is -0.492. The number of aliphatic hydroxyl groups is 1. The smallest absolute Gasteiger partial charge is 0.296 e. The van der Waals surface area contributed by atoms with Crippen molar-refractivity contribution in [2.75, 3.05) is 30.9 Å². The third kappa shape index (κ3) is 5.14. The lowest BCUT2D eigenvalue weighted by atomic mass is 10.2. The van der Waals surface area contributed by atoms with E-state index in [1.807, 2.05) is 6.07 Å². The Morgan fingerprint density at radius 3 is 2.79 bits per heavy atom. The van der Waals surface area contributed by atoms with Crippen molar-refractivity contribution in [3.63, 3.8) is 0 Å². The van der Waals surface area contributed by atoms with Crippen LogP contribution < -0.4 is 15.4 Å². The molecule has 0 saturated carbocycles. The van der Waals surface area contributed by atoms with Crippen LogP contribution >= 0.6 is 0 Å². The average molecular weight is 396 g/mol. The molecule has 10 nitrogen and oxygen atoms in total. The molecule has 0 atom stereocenters. The first kappa shape index (κ1) is 20.0. The Balaban J connectivity index is 1.98. The van der Waals surface area contributed by atoms with Gasteiger partial charge in [-0.05, 0) is 30.7 Å². The largest absolute Gasteiger partial charge is 0.496 e. The Bertz CT molecular complexity index is 984. The highest BCUT2D eigenvalue weighted by Crippen LogP contribution is 2.32. The van der Waals surface area contributed by atoms with Crippen molar-refractivity contribution in [1.82, 2.24) is 15.0 Å². The normalized spacial score (nSPS) is 10.4.